The molecule has 0 fully saturated rings. The van der Waals surface area contributed by atoms with Crippen molar-refractivity contribution >= 4 is 28.2 Å². The van der Waals surface area contributed by atoms with Crippen LogP contribution < -0.4 is 5.32 Å². The Hall–Kier alpha value is -2.07. The lowest BCUT2D eigenvalue weighted by atomic mass is 10.2. The lowest BCUT2D eigenvalue weighted by Gasteiger charge is -2.08. The first-order valence-electron chi connectivity index (χ1n) is 6.25. The van der Waals surface area contributed by atoms with E-state index in [0.717, 1.165) is 16.6 Å². The van der Waals surface area contributed by atoms with Crippen molar-refractivity contribution in [2.45, 2.75) is 6.54 Å². The number of halogens is 2. The van der Waals surface area contributed by atoms with Gasteiger partial charge in [-0.05, 0) is 18.2 Å². The van der Waals surface area contributed by atoms with Crippen LogP contribution in [0, 0.1) is 5.82 Å². The molecule has 0 saturated carbocycles. The number of aryl methyl sites for hydroxylation is 1. The number of rotatable bonds is 3. The van der Waals surface area contributed by atoms with Crippen molar-refractivity contribution in [3.63, 3.8) is 0 Å². The van der Waals surface area contributed by atoms with E-state index < -0.39 is 0 Å². The van der Waals surface area contributed by atoms with E-state index in [2.05, 4.69) is 10.4 Å². The van der Waals surface area contributed by atoms with Crippen molar-refractivity contribution in [2.75, 3.05) is 5.32 Å². The van der Waals surface area contributed by atoms with E-state index in [1.807, 2.05) is 36.0 Å². The molecule has 0 aliphatic rings. The normalized spacial score (nSPS) is 10.9. The van der Waals surface area contributed by atoms with E-state index in [-0.39, 0.29) is 5.82 Å². The number of anilines is 1. The Morgan fingerprint density at radius 2 is 2.00 bits per heavy atom. The second-order valence-electron chi connectivity index (χ2n) is 4.54. The standard InChI is InChI=1S/C15H13ClFN3/c1-20-14-8-3-2-5-10(14)13(19-20)9-18-15-11(16)6-4-7-12(15)17/h2-8,18H,9H2,1H3. The van der Waals surface area contributed by atoms with Gasteiger partial charge in [-0.1, -0.05) is 35.9 Å². The number of hydrogen-bond acceptors (Lipinski definition) is 2. The van der Waals surface area contributed by atoms with E-state index in [4.69, 9.17) is 11.6 Å². The molecule has 0 amide bonds. The van der Waals surface area contributed by atoms with Crippen molar-refractivity contribution in [3.8, 4) is 0 Å². The first kappa shape index (κ1) is 12.9. The van der Waals surface area contributed by atoms with Crippen molar-refractivity contribution < 1.29 is 4.39 Å². The zero-order valence-electron chi connectivity index (χ0n) is 10.9. The summed E-state index contributed by atoms with van der Waals surface area (Å²) >= 11 is 5.99. The van der Waals surface area contributed by atoms with Crippen LogP contribution in [-0.2, 0) is 13.6 Å². The predicted molar refractivity (Wildman–Crippen MR) is 79.5 cm³/mol. The van der Waals surface area contributed by atoms with Gasteiger partial charge in [0.05, 0.1) is 28.5 Å². The molecule has 1 heterocycles. The highest BCUT2D eigenvalue weighted by Crippen LogP contribution is 2.26. The Kier molecular flexibility index (Phi) is 3.32. The Morgan fingerprint density at radius 1 is 1.20 bits per heavy atom. The number of nitrogens with one attached hydrogen (secondary N) is 1. The Labute approximate surface area is 121 Å². The lowest BCUT2D eigenvalue weighted by Crippen LogP contribution is -2.03. The van der Waals surface area contributed by atoms with Gasteiger partial charge in [-0.25, -0.2) is 4.39 Å². The highest BCUT2D eigenvalue weighted by Gasteiger charge is 2.10. The summed E-state index contributed by atoms with van der Waals surface area (Å²) in [7, 11) is 1.89. The molecule has 0 spiro atoms. The molecule has 3 aromatic rings. The van der Waals surface area contributed by atoms with Gasteiger partial charge < -0.3 is 5.32 Å². The van der Waals surface area contributed by atoms with Crippen LogP contribution in [0.2, 0.25) is 5.02 Å². The maximum Gasteiger partial charge on any atom is 0.147 e. The van der Waals surface area contributed by atoms with Gasteiger partial charge in [0.1, 0.15) is 5.82 Å². The van der Waals surface area contributed by atoms with Crippen LogP contribution in [-0.4, -0.2) is 9.78 Å². The molecule has 0 aliphatic carbocycles. The third-order valence-electron chi connectivity index (χ3n) is 3.23. The molecule has 1 N–H and O–H groups in total. The summed E-state index contributed by atoms with van der Waals surface area (Å²) in [5, 5.41) is 8.89. The third kappa shape index (κ3) is 2.23. The monoisotopic (exact) mass is 289 g/mol. The van der Waals surface area contributed by atoms with Gasteiger partial charge in [0.2, 0.25) is 0 Å². The fourth-order valence-corrected chi connectivity index (χ4v) is 2.49. The Bertz CT molecular complexity index is 747. The van der Waals surface area contributed by atoms with E-state index in [1.165, 1.54) is 6.07 Å². The maximum atomic E-state index is 13.7. The third-order valence-corrected chi connectivity index (χ3v) is 3.54. The number of nitrogens with zero attached hydrogens (tertiary/aromatic N) is 2. The summed E-state index contributed by atoms with van der Waals surface area (Å²) in [4.78, 5) is 0. The highest BCUT2D eigenvalue weighted by atomic mass is 35.5. The summed E-state index contributed by atoms with van der Waals surface area (Å²) in [6, 6.07) is 12.6. The van der Waals surface area contributed by atoms with Gasteiger partial charge >= 0.3 is 0 Å². The molecule has 20 heavy (non-hydrogen) atoms. The summed E-state index contributed by atoms with van der Waals surface area (Å²) in [5.41, 5.74) is 2.22. The SMILES string of the molecule is Cn1nc(CNc2c(F)cccc2Cl)c2ccccc21. The van der Waals surface area contributed by atoms with Crippen LogP contribution in [0.5, 0.6) is 0 Å². The summed E-state index contributed by atoms with van der Waals surface area (Å²) in [5.74, 6) is -0.363. The molecule has 0 bridgehead atoms. The molecular formula is C15H13ClFN3. The molecule has 3 rings (SSSR count). The van der Waals surface area contributed by atoms with E-state index in [9.17, 15) is 4.39 Å². The minimum Gasteiger partial charge on any atom is -0.376 e. The van der Waals surface area contributed by atoms with Gasteiger partial charge in [-0.2, -0.15) is 5.10 Å². The maximum absolute atomic E-state index is 13.7. The summed E-state index contributed by atoms with van der Waals surface area (Å²) in [6.45, 7) is 0.419. The molecule has 102 valence electrons. The van der Waals surface area contributed by atoms with Gasteiger partial charge in [-0.3, -0.25) is 4.68 Å². The fourth-order valence-electron chi connectivity index (χ4n) is 2.26. The van der Waals surface area contributed by atoms with Crippen molar-refractivity contribution in [1.82, 2.24) is 9.78 Å². The molecule has 0 radical (unpaired) electrons. The number of fused-ring (bicyclic) bond motifs is 1. The lowest BCUT2D eigenvalue weighted by molar-refractivity contribution is 0.630. The fraction of sp³-hybridized carbons (Fsp3) is 0.133. The van der Waals surface area contributed by atoms with Crippen LogP contribution in [0.3, 0.4) is 0 Å². The molecule has 5 heteroatoms. The first-order chi connectivity index (χ1) is 9.66. The van der Waals surface area contributed by atoms with Gasteiger partial charge in [0.25, 0.3) is 0 Å². The van der Waals surface area contributed by atoms with Crippen molar-refractivity contribution in [2.24, 2.45) is 7.05 Å². The highest BCUT2D eigenvalue weighted by molar-refractivity contribution is 6.33. The van der Waals surface area contributed by atoms with Crippen LogP contribution in [0.25, 0.3) is 10.9 Å². The van der Waals surface area contributed by atoms with Gasteiger partial charge in [-0.15, -0.1) is 0 Å². The van der Waals surface area contributed by atoms with Crippen LogP contribution in [0.1, 0.15) is 5.69 Å². The molecule has 0 atom stereocenters. The van der Waals surface area contributed by atoms with Crippen LogP contribution in [0.15, 0.2) is 42.5 Å². The quantitative estimate of drug-likeness (QED) is 0.790. The number of aromatic nitrogens is 2. The van der Waals surface area contributed by atoms with Crippen molar-refractivity contribution in [1.29, 1.82) is 0 Å². The zero-order valence-corrected chi connectivity index (χ0v) is 11.7. The second-order valence-corrected chi connectivity index (χ2v) is 4.94. The largest absolute Gasteiger partial charge is 0.376 e. The van der Waals surface area contributed by atoms with Crippen LogP contribution >= 0.6 is 11.6 Å². The number of hydrogen-bond donors (Lipinski definition) is 1. The van der Waals surface area contributed by atoms with E-state index in [0.29, 0.717) is 17.3 Å². The molecule has 0 unspecified atom stereocenters. The average molecular weight is 290 g/mol. The Balaban J connectivity index is 1.91. The molecule has 3 nitrogen and oxygen atoms in total. The average Bonchev–Trinajstić information content (AvgIpc) is 2.76. The van der Waals surface area contributed by atoms with Crippen molar-refractivity contribution in [3.05, 3.63) is 59.0 Å². The minimum atomic E-state index is -0.363. The minimum absolute atomic E-state index is 0.309. The van der Waals surface area contributed by atoms with E-state index >= 15 is 0 Å². The summed E-state index contributed by atoms with van der Waals surface area (Å²) in [6.07, 6.45) is 0. The first-order valence-corrected chi connectivity index (χ1v) is 6.63. The molecule has 0 aliphatic heterocycles. The van der Waals surface area contributed by atoms with Gasteiger partial charge in [0.15, 0.2) is 0 Å². The molecule has 2 aromatic carbocycles. The number of benzene rings is 2. The van der Waals surface area contributed by atoms with Gasteiger partial charge in [0, 0.05) is 12.4 Å². The molecule has 1 aromatic heterocycles. The summed E-state index contributed by atoms with van der Waals surface area (Å²) < 4.78 is 15.5. The smallest absolute Gasteiger partial charge is 0.147 e. The Morgan fingerprint density at radius 3 is 2.80 bits per heavy atom. The topological polar surface area (TPSA) is 29.9 Å². The molecule has 0 saturated heterocycles. The number of para-hydroxylation sites is 2. The van der Waals surface area contributed by atoms with Crippen LogP contribution in [0.4, 0.5) is 10.1 Å². The second kappa shape index (κ2) is 5.13. The molecular weight excluding hydrogens is 277 g/mol. The zero-order chi connectivity index (χ0) is 14.1. The predicted octanol–water partition coefficient (Wildman–Crippen LogP) is 3.98. The van der Waals surface area contributed by atoms with E-state index in [1.54, 1.807) is 12.1 Å².